The predicted molar refractivity (Wildman–Crippen MR) is 84.4 cm³/mol. The van der Waals surface area contributed by atoms with Crippen molar-refractivity contribution in [1.29, 1.82) is 0 Å². The van der Waals surface area contributed by atoms with Crippen LogP contribution in [0, 0.1) is 13.8 Å². The minimum atomic E-state index is -0.205. The van der Waals surface area contributed by atoms with Gasteiger partial charge in [-0.15, -0.1) is 0 Å². The minimum Gasteiger partial charge on any atom is -0.352 e. The number of fused-ring (bicyclic) bond motifs is 1. The van der Waals surface area contributed by atoms with Gasteiger partial charge in [0.05, 0.1) is 6.04 Å². The summed E-state index contributed by atoms with van der Waals surface area (Å²) < 4.78 is 0. The second-order valence-electron chi connectivity index (χ2n) is 5.82. The van der Waals surface area contributed by atoms with Gasteiger partial charge in [0, 0.05) is 12.1 Å². The molecule has 0 saturated heterocycles. The molecule has 0 bridgehead atoms. The molecule has 3 N–H and O–H groups in total. The lowest BCUT2D eigenvalue weighted by atomic mass is 9.92. The first kappa shape index (κ1) is 13.8. The van der Waals surface area contributed by atoms with E-state index in [1.807, 2.05) is 18.2 Å². The highest BCUT2D eigenvalue weighted by Gasteiger charge is 2.19. The van der Waals surface area contributed by atoms with Crippen molar-refractivity contribution >= 4 is 5.91 Å². The summed E-state index contributed by atoms with van der Waals surface area (Å²) in [7, 11) is 0. The van der Waals surface area contributed by atoms with Crippen molar-refractivity contribution in [3.63, 3.8) is 0 Å². The zero-order valence-corrected chi connectivity index (χ0v) is 12.4. The van der Waals surface area contributed by atoms with Crippen LogP contribution in [0.3, 0.4) is 0 Å². The monoisotopic (exact) mass is 280 g/mol. The lowest BCUT2D eigenvalue weighted by molar-refractivity contribution is 0.0946. The number of carbonyl (C=O) groups is 1. The Kier molecular flexibility index (Phi) is 3.52. The van der Waals surface area contributed by atoms with Gasteiger partial charge in [-0.2, -0.15) is 0 Å². The van der Waals surface area contributed by atoms with Gasteiger partial charge in [0.1, 0.15) is 0 Å². The highest BCUT2D eigenvalue weighted by Crippen LogP contribution is 2.25. The number of hydrogen-bond donors (Lipinski definition) is 2. The van der Waals surface area contributed by atoms with Crippen molar-refractivity contribution in [3.8, 4) is 0 Å². The van der Waals surface area contributed by atoms with Crippen molar-refractivity contribution in [2.24, 2.45) is 5.73 Å². The zero-order chi connectivity index (χ0) is 15.0. The molecule has 0 saturated carbocycles. The van der Waals surface area contributed by atoms with Gasteiger partial charge in [-0.05, 0) is 43.0 Å². The molecule has 2 aromatic carbocycles. The van der Waals surface area contributed by atoms with E-state index in [1.165, 1.54) is 11.1 Å². The third-order valence-electron chi connectivity index (χ3n) is 4.02. The summed E-state index contributed by atoms with van der Waals surface area (Å²) in [5, 5.41) is 2.88. The topological polar surface area (TPSA) is 55.1 Å². The van der Waals surface area contributed by atoms with E-state index >= 15 is 0 Å². The number of carbonyl (C=O) groups excluding carboxylic acids is 1. The molecule has 1 unspecified atom stereocenters. The van der Waals surface area contributed by atoms with E-state index in [1.54, 1.807) is 0 Å². The summed E-state index contributed by atoms with van der Waals surface area (Å²) in [5.74, 6) is 0.00530. The molecule has 0 spiro atoms. The molecule has 1 aliphatic rings. The van der Waals surface area contributed by atoms with E-state index in [4.69, 9.17) is 5.73 Å². The Morgan fingerprint density at radius 3 is 2.48 bits per heavy atom. The fraction of sp³-hybridized carbons (Fsp3) is 0.278. The van der Waals surface area contributed by atoms with Crippen LogP contribution in [-0.4, -0.2) is 12.5 Å². The van der Waals surface area contributed by atoms with E-state index in [9.17, 15) is 4.79 Å². The SMILES string of the molecule is Cc1cc(C)cc(C(N)c2ccc3c(c2)C(=O)NCC3)c1. The molecule has 0 aliphatic carbocycles. The molecule has 1 amide bonds. The minimum absolute atomic E-state index is 0.00530. The van der Waals surface area contributed by atoms with Gasteiger partial charge in [-0.1, -0.05) is 41.5 Å². The molecule has 3 heteroatoms. The molecule has 3 nitrogen and oxygen atoms in total. The van der Waals surface area contributed by atoms with Crippen LogP contribution in [0.5, 0.6) is 0 Å². The molecular weight excluding hydrogens is 260 g/mol. The number of nitrogens with one attached hydrogen (secondary N) is 1. The molecule has 3 rings (SSSR count). The Morgan fingerprint density at radius 2 is 1.76 bits per heavy atom. The smallest absolute Gasteiger partial charge is 0.251 e. The van der Waals surface area contributed by atoms with Gasteiger partial charge in [0.15, 0.2) is 0 Å². The summed E-state index contributed by atoms with van der Waals surface area (Å²) in [4.78, 5) is 12.0. The standard InChI is InChI=1S/C18H20N2O/c1-11-7-12(2)9-15(8-11)17(19)14-4-3-13-5-6-20-18(21)16(13)10-14/h3-4,7-10,17H,5-6,19H2,1-2H3,(H,20,21). The summed E-state index contributed by atoms with van der Waals surface area (Å²) in [6.07, 6.45) is 0.889. The molecule has 2 aromatic rings. The molecule has 21 heavy (non-hydrogen) atoms. The van der Waals surface area contributed by atoms with Crippen LogP contribution in [0.25, 0.3) is 0 Å². The van der Waals surface area contributed by atoms with E-state index in [0.717, 1.165) is 28.7 Å². The van der Waals surface area contributed by atoms with E-state index in [2.05, 4.69) is 37.4 Å². The second-order valence-corrected chi connectivity index (χ2v) is 5.82. The molecule has 108 valence electrons. The third kappa shape index (κ3) is 2.69. The van der Waals surface area contributed by atoms with Crippen LogP contribution in [0.15, 0.2) is 36.4 Å². The van der Waals surface area contributed by atoms with E-state index < -0.39 is 0 Å². The van der Waals surface area contributed by atoms with Crippen LogP contribution < -0.4 is 11.1 Å². The van der Waals surface area contributed by atoms with Gasteiger partial charge >= 0.3 is 0 Å². The number of rotatable bonds is 2. The van der Waals surface area contributed by atoms with Crippen LogP contribution in [-0.2, 0) is 6.42 Å². The van der Waals surface area contributed by atoms with Crippen LogP contribution in [0.1, 0.15) is 44.2 Å². The predicted octanol–water partition coefficient (Wildman–Crippen LogP) is 2.64. The molecular formula is C18H20N2O. The Bertz CT molecular complexity index is 686. The molecule has 1 atom stereocenters. The Morgan fingerprint density at radius 1 is 1.05 bits per heavy atom. The Labute approximate surface area is 125 Å². The Balaban J connectivity index is 2.00. The first-order valence-corrected chi connectivity index (χ1v) is 7.29. The van der Waals surface area contributed by atoms with Gasteiger partial charge in [-0.3, -0.25) is 4.79 Å². The molecule has 1 heterocycles. The van der Waals surface area contributed by atoms with Gasteiger partial charge in [0.2, 0.25) is 0 Å². The lowest BCUT2D eigenvalue weighted by Gasteiger charge is -2.20. The molecule has 0 aromatic heterocycles. The maximum Gasteiger partial charge on any atom is 0.251 e. The van der Waals surface area contributed by atoms with Crippen molar-refractivity contribution in [1.82, 2.24) is 5.32 Å². The van der Waals surface area contributed by atoms with Gasteiger partial charge < -0.3 is 11.1 Å². The maximum absolute atomic E-state index is 12.0. The highest BCUT2D eigenvalue weighted by molar-refractivity contribution is 5.96. The highest BCUT2D eigenvalue weighted by atomic mass is 16.1. The fourth-order valence-electron chi connectivity index (χ4n) is 3.00. The quantitative estimate of drug-likeness (QED) is 0.888. The molecule has 0 radical (unpaired) electrons. The van der Waals surface area contributed by atoms with Crippen molar-refractivity contribution in [3.05, 3.63) is 69.8 Å². The second kappa shape index (κ2) is 5.34. The van der Waals surface area contributed by atoms with Crippen LogP contribution >= 0.6 is 0 Å². The summed E-state index contributed by atoms with van der Waals surface area (Å²) in [6, 6.07) is 12.2. The van der Waals surface area contributed by atoms with E-state index in [-0.39, 0.29) is 11.9 Å². The third-order valence-corrected chi connectivity index (χ3v) is 4.02. The first-order chi connectivity index (χ1) is 10.0. The fourth-order valence-corrected chi connectivity index (χ4v) is 3.00. The number of nitrogens with two attached hydrogens (primary N) is 1. The molecule has 1 aliphatic heterocycles. The average molecular weight is 280 g/mol. The summed E-state index contributed by atoms with van der Waals surface area (Å²) in [6.45, 7) is 4.86. The zero-order valence-electron chi connectivity index (χ0n) is 12.4. The van der Waals surface area contributed by atoms with Gasteiger partial charge in [-0.25, -0.2) is 0 Å². The summed E-state index contributed by atoms with van der Waals surface area (Å²) in [5.41, 5.74) is 12.7. The molecule has 0 fully saturated rings. The number of benzene rings is 2. The van der Waals surface area contributed by atoms with Crippen molar-refractivity contribution < 1.29 is 4.79 Å². The number of amides is 1. The van der Waals surface area contributed by atoms with Crippen molar-refractivity contribution in [2.45, 2.75) is 26.3 Å². The lowest BCUT2D eigenvalue weighted by Crippen LogP contribution is -2.32. The number of hydrogen-bond acceptors (Lipinski definition) is 2. The normalized spacial score (nSPS) is 15.3. The van der Waals surface area contributed by atoms with Crippen LogP contribution in [0.2, 0.25) is 0 Å². The average Bonchev–Trinajstić information content (AvgIpc) is 2.45. The largest absolute Gasteiger partial charge is 0.352 e. The maximum atomic E-state index is 12.0. The number of aryl methyl sites for hydroxylation is 2. The first-order valence-electron chi connectivity index (χ1n) is 7.29. The van der Waals surface area contributed by atoms with Crippen LogP contribution in [0.4, 0.5) is 0 Å². The Hall–Kier alpha value is -2.13. The summed E-state index contributed by atoms with van der Waals surface area (Å²) >= 11 is 0. The van der Waals surface area contributed by atoms with Crippen molar-refractivity contribution in [2.75, 3.05) is 6.54 Å². The van der Waals surface area contributed by atoms with Gasteiger partial charge in [0.25, 0.3) is 5.91 Å². The van der Waals surface area contributed by atoms with E-state index in [0.29, 0.717) is 6.54 Å².